The van der Waals surface area contributed by atoms with Gasteiger partial charge in [0.1, 0.15) is 5.82 Å². The maximum atomic E-state index is 14.1. The Morgan fingerprint density at radius 3 is 2.39 bits per heavy atom. The Labute approximate surface area is 160 Å². The number of nitrogens with zero attached hydrogens (tertiary/aromatic N) is 3. The predicted octanol–water partition coefficient (Wildman–Crippen LogP) is 5.05. The second-order valence-corrected chi connectivity index (χ2v) is 6.67. The highest BCUT2D eigenvalue weighted by molar-refractivity contribution is 5.67. The molecule has 0 bridgehead atoms. The van der Waals surface area contributed by atoms with Gasteiger partial charge in [-0.1, -0.05) is 12.8 Å². The normalized spacial score (nSPS) is 14.2. The molecule has 144 valence electrons. The molecular formula is C20H18F3N5. The van der Waals surface area contributed by atoms with E-state index in [1.807, 2.05) is 0 Å². The average molecular weight is 385 g/mol. The summed E-state index contributed by atoms with van der Waals surface area (Å²) in [5, 5.41) is 6.03. The molecule has 2 aromatic heterocycles. The fourth-order valence-corrected chi connectivity index (χ4v) is 3.26. The zero-order valence-corrected chi connectivity index (χ0v) is 14.9. The van der Waals surface area contributed by atoms with Crippen molar-refractivity contribution < 1.29 is 13.2 Å². The maximum Gasteiger partial charge on any atom is 0.225 e. The minimum absolute atomic E-state index is 0.204. The Kier molecular flexibility index (Phi) is 5.10. The summed E-state index contributed by atoms with van der Waals surface area (Å²) in [6.07, 6.45) is 7.64. The Bertz CT molecular complexity index is 975. The van der Waals surface area contributed by atoms with Gasteiger partial charge in [0.05, 0.1) is 11.4 Å². The van der Waals surface area contributed by atoms with Gasteiger partial charge in [-0.15, -0.1) is 0 Å². The minimum atomic E-state index is -1.53. The first-order valence-electron chi connectivity index (χ1n) is 9.06. The van der Waals surface area contributed by atoms with Gasteiger partial charge < -0.3 is 10.6 Å². The number of hydrogen-bond donors (Lipinski definition) is 2. The molecule has 5 nitrogen and oxygen atoms in total. The predicted molar refractivity (Wildman–Crippen MR) is 101 cm³/mol. The fraction of sp³-hybridized carbons (Fsp3) is 0.250. The molecule has 4 rings (SSSR count). The molecule has 1 fully saturated rings. The van der Waals surface area contributed by atoms with Crippen molar-refractivity contribution in [2.24, 2.45) is 0 Å². The van der Waals surface area contributed by atoms with Crippen molar-refractivity contribution >= 4 is 17.5 Å². The molecule has 1 aromatic carbocycles. The molecule has 1 aliphatic rings. The van der Waals surface area contributed by atoms with Crippen molar-refractivity contribution in [2.45, 2.75) is 31.7 Å². The number of aromatic nitrogens is 3. The van der Waals surface area contributed by atoms with E-state index in [1.165, 1.54) is 0 Å². The van der Waals surface area contributed by atoms with Crippen LogP contribution in [-0.2, 0) is 0 Å². The molecule has 3 aromatic rings. The van der Waals surface area contributed by atoms with Gasteiger partial charge in [-0.3, -0.25) is 4.98 Å². The second-order valence-electron chi connectivity index (χ2n) is 6.67. The Morgan fingerprint density at radius 1 is 0.893 bits per heavy atom. The first-order chi connectivity index (χ1) is 13.6. The lowest BCUT2D eigenvalue weighted by Gasteiger charge is -2.15. The topological polar surface area (TPSA) is 62.7 Å². The Hall–Kier alpha value is -3.16. The van der Waals surface area contributed by atoms with Crippen molar-refractivity contribution in [2.75, 3.05) is 10.6 Å². The zero-order chi connectivity index (χ0) is 19.5. The monoisotopic (exact) mass is 385 g/mol. The molecule has 2 N–H and O–H groups in total. The van der Waals surface area contributed by atoms with Crippen LogP contribution in [0.25, 0.3) is 11.3 Å². The molecule has 8 heteroatoms. The quantitative estimate of drug-likeness (QED) is 0.602. The van der Waals surface area contributed by atoms with Crippen LogP contribution in [0.15, 0.2) is 42.7 Å². The van der Waals surface area contributed by atoms with Crippen LogP contribution < -0.4 is 10.6 Å². The standard InChI is InChI=1S/C20H18F3N5/c21-14-5-6-15(19(23)18(14)22)26-17-11-16(12-7-9-24-10-8-12)27-20(28-17)25-13-3-1-2-4-13/h5-11,13H,1-4H2,(H2,25,26,27,28). The summed E-state index contributed by atoms with van der Waals surface area (Å²) in [7, 11) is 0. The number of halogens is 3. The van der Waals surface area contributed by atoms with Crippen LogP contribution in [0.1, 0.15) is 25.7 Å². The number of nitrogens with one attached hydrogen (secondary N) is 2. The zero-order valence-electron chi connectivity index (χ0n) is 14.9. The molecule has 0 unspecified atom stereocenters. The smallest absolute Gasteiger partial charge is 0.225 e. The van der Waals surface area contributed by atoms with Crippen LogP contribution in [0.2, 0.25) is 0 Å². The first kappa shape index (κ1) is 18.2. The van der Waals surface area contributed by atoms with E-state index in [4.69, 9.17) is 0 Å². The fourth-order valence-electron chi connectivity index (χ4n) is 3.26. The largest absolute Gasteiger partial charge is 0.351 e. The molecule has 2 heterocycles. The van der Waals surface area contributed by atoms with E-state index in [-0.39, 0.29) is 17.5 Å². The van der Waals surface area contributed by atoms with Crippen LogP contribution >= 0.6 is 0 Å². The van der Waals surface area contributed by atoms with E-state index in [0.29, 0.717) is 11.6 Å². The van der Waals surface area contributed by atoms with Crippen LogP contribution in [0.4, 0.5) is 30.6 Å². The van der Waals surface area contributed by atoms with Gasteiger partial charge in [0.2, 0.25) is 5.95 Å². The molecule has 0 aliphatic heterocycles. The summed E-state index contributed by atoms with van der Waals surface area (Å²) >= 11 is 0. The van der Waals surface area contributed by atoms with E-state index in [9.17, 15) is 13.2 Å². The molecule has 1 aliphatic carbocycles. The van der Waals surface area contributed by atoms with E-state index in [2.05, 4.69) is 25.6 Å². The third kappa shape index (κ3) is 3.90. The number of pyridine rings is 1. The van der Waals surface area contributed by atoms with Crippen molar-refractivity contribution in [1.29, 1.82) is 0 Å². The molecule has 0 saturated heterocycles. The third-order valence-electron chi connectivity index (χ3n) is 4.69. The highest BCUT2D eigenvalue weighted by atomic mass is 19.2. The summed E-state index contributed by atoms with van der Waals surface area (Å²) in [6, 6.07) is 7.49. The van der Waals surface area contributed by atoms with Crippen LogP contribution in [0.3, 0.4) is 0 Å². The van der Waals surface area contributed by atoms with Crippen LogP contribution in [0, 0.1) is 17.5 Å². The van der Waals surface area contributed by atoms with Gasteiger partial charge in [0.25, 0.3) is 0 Å². The number of benzene rings is 1. The van der Waals surface area contributed by atoms with E-state index in [1.54, 1.807) is 30.6 Å². The van der Waals surface area contributed by atoms with Gasteiger partial charge in [-0.2, -0.15) is 4.98 Å². The Balaban J connectivity index is 1.70. The highest BCUT2D eigenvalue weighted by Crippen LogP contribution is 2.27. The van der Waals surface area contributed by atoms with Gasteiger partial charge in [0.15, 0.2) is 17.5 Å². The number of rotatable bonds is 5. The molecular weight excluding hydrogens is 367 g/mol. The first-order valence-corrected chi connectivity index (χ1v) is 9.06. The van der Waals surface area contributed by atoms with E-state index < -0.39 is 17.5 Å². The summed E-state index contributed by atoms with van der Waals surface area (Å²) < 4.78 is 40.8. The molecule has 1 saturated carbocycles. The molecule has 0 amide bonds. The minimum Gasteiger partial charge on any atom is -0.351 e. The molecule has 0 spiro atoms. The highest BCUT2D eigenvalue weighted by Gasteiger charge is 2.18. The number of hydrogen-bond acceptors (Lipinski definition) is 5. The molecule has 0 atom stereocenters. The lowest BCUT2D eigenvalue weighted by atomic mass is 10.2. The van der Waals surface area contributed by atoms with E-state index in [0.717, 1.165) is 43.4 Å². The lowest BCUT2D eigenvalue weighted by Crippen LogP contribution is -2.17. The lowest BCUT2D eigenvalue weighted by molar-refractivity contribution is 0.449. The van der Waals surface area contributed by atoms with E-state index >= 15 is 0 Å². The molecule has 28 heavy (non-hydrogen) atoms. The summed E-state index contributed by atoms with van der Waals surface area (Å²) in [4.78, 5) is 12.9. The van der Waals surface area contributed by atoms with Gasteiger partial charge in [-0.05, 0) is 37.1 Å². The summed E-state index contributed by atoms with van der Waals surface area (Å²) in [5.74, 6) is -3.40. The van der Waals surface area contributed by atoms with Crippen molar-refractivity contribution in [3.05, 3.63) is 60.2 Å². The van der Waals surface area contributed by atoms with Crippen molar-refractivity contribution in [1.82, 2.24) is 15.0 Å². The second kappa shape index (κ2) is 7.84. The van der Waals surface area contributed by atoms with Crippen molar-refractivity contribution in [3.8, 4) is 11.3 Å². The molecule has 0 radical (unpaired) electrons. The third-order valence-corrected chi connectivity index (χ3v) is 4.69. The van der Waals surface area contributed by atoms with Gasteiger partial charge >= 0.3 is 0 Å². The van der Waals surface area contributed by atoms with Gasteiger partial charge in [-0.25, -0.2) is 18.2 Å². The van der Waals surface area contributed by atoms with Crippen LogP contribution in [-0.4, -0.2) is 21.0 Å². The van der Waals surface area contributed by atoms with Gasteiger partial charge in [0, 0.05) is 30.1 Å². The summed E-state index contributed by atoms with van der Waals surface area (Å²) in [6.45, 7) is 0. The SMILES string of the molecule is Fc1ccc(Nc2cc(-c3ccncc3)nc(NC3CCCC3)n2)c(F)c1F. The number of anilines is 3. The Morgan fingerprint density at radius 2 is 1.64 bits per heavy atom. The summed E-state index contributed by atoms with van der Waals surface area (Å²) in [5.41, 5.74) is 1.20. The van der Waals surface area contributed by atoms with Crippen molar-refractivity contribution in [3.63, 3.8) is 0 Å². The maximum absolute atomic E-state index is 14.1. The van der Waals surface area contributed by atoms with Crippen LogP contribution in [0.5, 0.6) is 0 Å². The average Bonchev–Trinajstić information content (AvgIpc) is 3.22.